The van der Waals surface area contributed by atoms with E-state index < -0.39 is 37.1 Å². The quantitative estimate of drug-likeness (QED) is 0.773. The van der Waals surface area contributed by atoms with Crippen molar-refractivity contribution in [2.75, 3.05) is 6.61 Å². The van der Waals surface area contributed by atoms with E-state index in [1.165, 1.54) is 0 Å². The molecule has 0 rings (SSSR count). The molecule has 0 aromatic rings. The maximum absolute atomic E-state index is 12.6. The van der Waals surface area contributed by atoms with Crippen LogP contribution in [0.5, 0.6) is 0 Å². The number of rotatable bonds is 4. The molecule has 0 bridgehead atoms. The van der Waals surface area contributed by atoms with Crippen LogP contribution in [0.25, 0.3) is 0 Å². The molecule has 0 aromatic heterocycles. The third kappa shape index (κ3) is 3.11. The number of hydrogen-bond acceptors (Lipinski definition) is 2. The van der Waals surface area contributed by atoms with Crippen molar-refractivity contribution in [3.05, 3.63) is 0 Å². The Labute approximate surface area is 92.0 Å². The number of hydrogen-bond donors (Lipinski definition) is 2. The average Bonchev–Trinajstić information content (AvgIpc) is 2.02. The van der Waals surface area contributed by atoms with Crippen LogP contribution >= 0.6 is 12.4 Å². The van der Waals surface area contributed by atoms with Gasteiger partial charge in [0.15, 0.2) is 0 Å². The summed E-state index contributed by atoms with van der Waals surface area (Å²) in [7, 11) is 0. The van der Waals surface area contributed by atoms with Crippen molar-refractivity contribution in [3.63, 3.8) is 0 Å². The van der Waals surface area contributed by atoms with Crippen molar-refractivity contribution in [3.8, 4) is 0 Å². The topological polar surface area (TPSA) is 46.2 Å². The zero-order chi connectivity index (χ0) is 12.5. The Bertz CT molecular complexity index is 219. The van der Waals surface area contributed by atoms with E-state index in [4.69, 9.17) is 5.11 Å². The second kappa shape index (κ2) is 5.37. The summed E-state index contributed by atoms with van der Waals surface area (Å²) < 4.78 is 84.4. The summed E-state index contributed by atoms with van der Waals surface area (Å²) in [5, 5.41) is 8.13. The van der Waals surface area contributed by atoms with Crippen LogP contribution in [0.2, 0.25) is 0 Å². The van der Waals surface area contributed by atoms with Crippen molar-refractivity contribution in [1.82, 2.24) is 0 Å². The molecule has 2 nitrogen and oxygen atoms in total. The van der Waals surface area contributed by atoms with Gasteiger partial charge in [-0.05, 0) is 6.42 Å². The van der Waals surface area contributed by atoms with E-state index in [2.05, 4.69) is 5.73 Å². The smallest absolute Gasteiger partial charge is 0.396 e. The zero-order valence-corrected chi connectivity index (χ0v) is 8.39. The van der Waals surface area contributed by atoms with Gasteiger partial charge in [0, 0.05) is 6.61 Å². The van der Waals surface area contributed by atoms with Gasteiger partial charge >= 0.3 is 18.0 Å². The molecule has 1 atom stereocenters. The third-order valence-corrected chi connectivity index (χ3v) is 1.68. The molecule has 0 amide bonds. The first kappa shape index (κ1) is 18.1. The molecule has 10 heteroatoms. The Morgan fingerprint density at radius 3 is 1.62 bits per heavy atom. The lowest BCUT2D eigenvalue weighted by atomic mass is 10.0. The van der Waals surface area contributed by atoms with Crippen LogP contribution in [0.4, 0.5) is 30.7 Å². The Morgan fingerprint density at radius 1 is 1.00 bits per heavy atom. The normalized spacial score (nSPS) is 15.6. The van der Waals surface area contributed by atoms with Gasteiger partial charge in [0.1, 0.15) is 0 Å². The second-order valence-corrected chi connectivity index (χ2v) is 2.81. The largest absolute Gasteiger partial charge is 0.459 e. The number of aliphatic hydroxyl groups is 1. The summed E-state index contributed by atoms with van der Waals surface area (Å²) in [6.45, 7) is -1.01. The Hall–Kier alpha value is -0.280. The fourth-order valence-electron chi connectivity index (χ4n) is 0.742. The summed E-state index contributed by atoms with van der Waals surface area (Å²) in [5.74, 6) is -11.7. The molecular formula is C6H9ClF7NO. The van der Waals surface area contributed by atoms with Gasteiger partial charge in [0.25, 0.3) is 0 Å². The van der Waals surface area contributed by atoms with Crippen molar-refractivity contribution in [2.45, 2.75) is 30.5 Å². The van der Waals surface area contributed by atoms with Crippen LogP contribution in [0, 0.1) is 0 Å². The van der Waals surface area contributed by atoms with Gasteiger partial charge < -0.3 is 10.8 Å². The van der Waals surface area contributed by atoms with E-state index in [0.29, 0.717) is 0 Å². The van der Waals surface area contributed by atoms with Crippen molar-refractivity contribution >= 4 is 12.4 Å². The monoisotopic (exact) mass is 279 g/mol. The minimum atomic E-state index is -6.39. The number of alkyl halides is 7. The Balaban J connectivity index is 0. The fourth-order valence-corrected chi connectivity index (χ4v) is 0.742. The number of nitrogens with two attached hydrogens (primary N) is 1. The van der Waals surface area contributed by atoms with E-state index in [-0.39, 0.29) is 12.4 Å². The summed E-state index contributed by atoms with van der Waals surface area (Å²) in [4.78, 5) is 0. The van der Waals surface area contributed by atoms with E-state index >= 15 is 0 Å². The lowest BCUT2D eigenvalue weighted by molar-refractivity contribution is -0.358. The molecule has 0 saturated heterocycles. The van der Waals surface area contributed by atoms with Gasteiger partial charge in [0.05, 0.1) is 6.04 Å². The maximum Gasteiger partial charge on any atom is 0.459 e. The van der Waals surface area contributed by atoms with Gasteiger partial charge in [-0.15, -0.1) is 12.4 Å². The molecule has 0 aromatic carbocycles. The lowest BCUT2D eigenvalue weighted by Gasteiger charge is -2.31. The SMILES string of the molecule is Cl.N[C@@H](CCO)C(F)(F)C(F)(F)C(F)(F)F. The molecule has 16 heavy (non-hydrogen) atoms. The molecule has 0 spiro atoms. The minimum Gasteiger partial charge on any atom is -0.396 e. The molecule has 100 valence electrons. The molecule has 0 heterocycles. The third-order valence-electron chi connectivity index (χ3n) is 1.68. The number of halogens is 8. The van der Waals surface area contributed by atoms with Crippen LogP contribution in [-0.4, -0.2) is 35.8 Å². The predicted octanol–water partition coefficient (Wildman–Crippen LogP) is 1.95. The summed E-state index contributed by atoms with van der Waals surface area (Å²) in [6, 6.07) is -2.76. The van der Waals surface area contributed by atoms with Crippen molar-refractivity contribution in [1.29, 1.82) is 0 Å². The molecular weight excluding hydrogens is 271 g/mol. The molecule has 0 saturated carbocycles. The molecule has 0 unspecified atom stereocenters. The first-order valence-electron chi connectivity index (χ1n) is 3.67. The van der Waals surface area contributed by atoms with Crippen molar-refractivity contribution < 1.29 is 35.8 Å². The number of aliphatic hydroxyl groups excluding tert-OH is 1. The van der Waals surface area contributed by atoms with E-state index in [1.807, 2.05) is 0 Å². The van der Waals surface area contributed by atoms with E-state index in [9.17, 15) is 30.7 Å². The minimum absolute atomic E-state index is 0. The van der Waals surface area contributed by atoms with Crippen LogP contribution < -0.4 is 5.73 Å². The first-order chi connectivity index (χ1) is 6.48. The molecule has 0 aliphatic rings. The molecule has 0 radical (unpaired) electrons. The van der Waals surface area contributed by atoms with Gasteiger partial charge in [-0.1, -0.05) is 0 Å². The van der Waals surface area contributed by atoms with Crippen LogP contribution in [0.3, 0.4) is 0 Å². The van der Waals surface area contributed by atoms with Crippen molar-refractivity contribution in [2.24, 2.45) is 5.73 Å². The summed E-state index contributed by atoms with van der Waals surface area (Å²) >= 11 is 0. The highest BCUT2D eigenvalue weighted by Crippen LogP contribution is 2.47. The first-order valence-corrected chi connectivity index (χ1v) is 3.67. The summed E-state index contributed by atoms with van der Waals surface area (Å²) in [5.41, 5.74) is 4.45. The van der Waals surface area contributed by atoms with Gasteiger partial charge in [-0.25, -0.2) is 0 Å². The summed E-state index contributed by atoms with van der Waals surface area (Å²) in [6.07, 6.45) is -7.44. The Morgan fingerprint density at radius 2 is 1.38 bits per heavy atom. The highest BCUT2D eigenvalue weighted by molar-refractivity contribution is 5.85. The highest BCUT2D eigenvalue weighted by atomic mass is 35.5. The van der Waals surface area contributed by atoms with Gasteiger partial charge in [0.2, 0.25) is 0 Å². The average molecular weight is 280 g/mol. The Kier molecular flexibility index (Phi) is 6.07. The molecule has 3 N–H and O–H groups in total. The van der Waals surface area contributed by atoms with Gasteiger partial charge in [-0.2, -0.15) is 30.7 Å². The molecule has 0 aliphatic carbocycles. The molecule has 0 aliphatic heterocycles. The maximum atomic E-state index is 12.6. The lowest BCUT2D eigenvalue weighted by Crippen LogP contribution is -2.60. The fraction of sp³-hybridized carbons (Fsp3) is 1.00. The van der Waals surface area contributed by atoms with Gasteiger partial charge in [-0.3, -0.25) is 0 Å². The molecule has 0 fully saturated rings. The second-order valence-electron chi connectivity index (χ2n) is 2.81. The predicted molar refractivity (Wildman–Crippen MR) is 42.9 cm³/mol. The zero-order valence-electron chi connectivity index (χ0n) is 7.57. The highest BCUT2D eigenvalue weighted by Gasteiger charge is 2.74. The van der Waals surface area contributed by atoms with Crippen LogP contribution in [0.15, 0.2) is 0 Å². The standard InChI is InChI=1S/C6H8F7NO.ClH/c7-4(8,3(14)1-2-15)5(9,10)6(11,12)13;/h3,15H,1-2,14H2;1H/t3-;/m0./s1. The van der Waals surface area contributed by atoms with E-state index in [0.717, 1.165) is 0 Å². The van der Waals surface area contributed by atoms with E-state index in [1.54, 1.807) is 0 Å². The van der Waals surface area contributed by atoms with Crippen LogP contribution in [0.1, 0.15) is 6.42 Å². The van der Waals surface area contributed by atoms with Crippen LogP contribution in [-0.2, 0) is 0 Å².